The van der Waals surface area contributed by atoms with Gasteiger partial charge in [-0.2, -0.15) is 0 Å². The second-order valence-corrected chi connectivity index (χ2v) is 9.11. The van der Waals surface area contributed by atoms with Crippen LogP contribution in [0.3, 0.4) is 0 Å². The summed E-state index contributed by atoms with van der Waals surface area (Å²) in [5.41, 5.74) is 3.60. The molecule has 0 aliphatic rings. The number of hydrogen-bond acceptors (Lipinski definition) is 7. The van der Waals surface area contributed by atoms with Crippen LogP contribution in [-0.4, -0.2) is 52.3 Å². The molecular formula is C30H43FN4O4. The summed E-state index contributed by atoms with van der Waals surface area (Å²) in [6.07, 6.45) is 2.65. The van der Waals surface area contributed by atoms with Gasteiger partial charge in [0.15, 0.2) is 0 Å². The Bertz CT molecular complexity index is 1100. The van der Waals surface area contributed by atoms with E-state index in [9.17, 15) is 9.59 Å². The minimum absolute atomic E-state index is 0.201. The molecule has 39 heavy (non-hydrogen) atoms. The number of rotatable bonds is 14. The maximum atomic E-state index is 15.3. The Kier molecular flexibility index (Phi) is 16.0. The Labute approximate surface area is 232 Å². The van der Waals surface area contributed by atoms with Crippen molar-refractivity contribution < 1.29 is 23.5 Å². The maximum absolute atomic E-state index is 15.3. The Balaban J connectivity index is 0.00000113. The average Bonchev–Trinajstić information content (AvgIpc) is 2.89. The predicted molar refractivity (Wildman–Crippen MR) is 159 cm³/mol. The van der Waals surface area contributed by atoms with Crippen LogP contribution in [0.2, 0.25) is 0 Å². The molecule has 2 rings (SSSR count). The standard InChI is InChI=1S/C25H30FN3O4.C5H13N/c1-5-17(3)25(29-19-9-7-18(8-10-19)28-23(31)11-12-30)24-21(26)15-20(33-14-13-32-4)16-22(24)27-6-2;1-5(2)4-6-3/h6-10,12,15-16,29H,5,11,13-14H2,1-4H3,(H,28,31);5-6H,4H2,1-3H3. The summed E-state index contributed by atoms with van der Waals surface area (Å²) >= 11 is 0. The predicted octanol–water partition coefficient (Wildman–Crippen LogP) is 6.22. The number of hydrogen-bond donors (Lipinski definition) is 3. The number of nitrogens with zero attached hydrogens (tertiary/aromatic N) is 1. The molecule has 8 nitrogen and oxygen atoms in total. The van der Waals surface area contributed by atoms with Crippen molar-refractivity contribution in [1.82, 2.24) is 5.32 Å². The maximum Gasteiger partial charge on any atom is 0.231 e. The van der Waals surface area contributed by atoms with Gasteiger partial charge in [0.2, 0.25) is 5.91 Å². The number of benzene rings is 2. The molecule has 2 aromatic rings. The van der Waals surface area contributed by atoms with Gasteiger partial charge in [-0.25, -0.2) is 4.39 Å². The van der Waals surface area contributed by atoms with Crippen LogP contribution in [-0.2, 0) is 14.3 Å². The average molecular weight is 543 g/mol. The highest BCUT2D eigenvalue weighted by atomic mass is 19.1. The van der Waals surface area contributed by atoms with Crippen LogP contribution >= 0.6 is 0 Å². The van der Waals surface area contributed by atoms with Gasteiger partial charge < -0.3 is 30.2 Å². The number of aliphatic imine (C=N–C) groups is 1. The van der Waals surface area contributed by atoms with Gasteiger partial charge >= 0.3 is 0 Å². The highest BCUT2D eigenvalue weighted by Crippen LogP contribution is 2.36. The Hall–Kier alpha value is -3.56. The first-order chi connectivity index (χ1) is 18.7. The lowest BCUT2D eigenvalue weighted by molar-refractivity contribution is -0.119. The number of ether oxygens (including phenoxy) is 2. The molecule has 0 atom stereocenters. The van der Waals surface area contributed by atoms with Crippen molar-refractivity contribution in [3.8, 4) is 5.75 Å². The van der Waals surface area contributed by atoms with Gasteiger partial charge in [0.05, 0.1) is 24.3 Å². The normalized spacial score (nSPS) is 11.5. The van der Waals surface area contributed by atoms with Crippen molar-refractivity contribution in [2.45, 2.75) is 47.5 Å². The van der Waals surface area contributed by atoms with Gasteiger partial charge in [0, 0.05) is 42.5 Å². The molecule has 2 aromatic carbocycles. The van der Waals surface area contributed by atoms with E-state index < -0.39 is 5.82 Å². The molecule has 214 valence electrons. The number of aldehydes is 1. The fraction of sp³-hybridized carbons (Fsp3) is 0.433. The molecular weight excluding hydrogens is 499 g/mol. The molecule has 0 unspecified atom stereocenters. The summed E-state index contributed by atoms with van der Waals surface area (Å²) in [6.45, 7) is 11.9. The number of nitrogens with one attached hydrogen (secondary N) is 3. The van der Waals surface area contributed by atoms with Gasteiger partial charge in [-0.3, -0.25) is 9.79 Å². The van der Waals surface area contributed by atoms with Crippen molar-refractivity contribution in [2.24, 2.45) is 10.9 Å². The van der Waals surface area contributed by atoms with Crippen molar-refractivity contribution in [2.75, 3.05) is 44.5 Å². The summed E-state index contributed by atoms with van der Waals surface area (Å²) in [6, 6.07) is 9.99. The van der Waals surface area contributed by atoms with Gasteiger partial charge in [-0.05, 0) is 69.6 Å². The monoisotopic (exact) mass is 542 g/mol. The van der Waals surface area contributed by atoms with Gasteiger partial charge in [-0.1, -0.05) is 20.8 Å². The fourth-order valence-electron chi connectivity index (χ4n) is 3.42. The SMILES string of the molecule is CC=Nc1cc(OCCOC)cc(F)c1C(Nc1ccc(NC(=O)CC=O)cc1)=C(C)CC.CNCC(C)C. The van der Waals surface area contributed by atoms with E-state index in [2.05, 4.69) is 34.8 Å². The first-order valence-corrected chi connectivity index (χ1v) is 13.1. The third kappa shape index (κ3) is 12.2. The molecule has 0 spiro atoms. The number of carbonyl (C=O) groups excluding carboxylic acids is 2. The molecule has 9 heteroatoms. The van der Waals surface area contributed by atoms with E-state index in [1.165, 1.54) is 6.07 Å². The van der Waals surface area contributed by atoms with Crippen LogP contribution < -0.4 is 20.7 Å². The summed E-state index contributed by atoms with van der Waals surface area (Å²) in [5.74, 6) is 0.316. The largest absolute Gasteiger partial charge is 0.491 e. The lowest BCUT2D eigenvalue weighted by Crippen LogP contribution is -2.12. The number of amides is 1. The van der Waals surface area contributed by atoms with Crippen LogP contribution in [0.15, 0.2) is 47.0 Å². The lowest BCUT2D eigenvalue weighted by Gasteiger charge is -2.19. The molecule has 0 aromatic heterocycles. The van der Waals surface area contributed by atoms with Crippen molar-refractivity contribution in [3.63, 3.8) is 0 Å². The number of carbonyl (C=O) groups is 2. The number of anilines is 2. The van der Waals surface area contributed by atoms with E-state index in [4.69, 9.17) is 9.47 Å². The highest BCUT2D eigenvalue weighted by Gasteiger charge is 2.18. The molecule has 0 aliphatic carbocycles. The Morgan fingerprint density at radius 3 is 2.23 bits per heavy atom. The Morgan fingerprint density at radius 1 is 1.10 bits per heavy atom. The molecule has 0 bridgehead atoms. The number of halogens is 1. The summed E-state index contributed by atoms with van der Waals surface area (Å²) in [5, 5.41) is 9.01. The van der Waals surface area contributed by atoms with E-state index in [1.54, 1.807) is 50.6 Å². The minimum atomic E-state index is -0.460. The van der Waals surface area contributed by atoms with Crippen LogP contribution in [0.1, 0.15) is 53.0 Å². The second kappa shape index (κ2) is 18.7. The van der Waals surface area contributed by atoms with Crippen molar-refractivity contribution >= 4 is 41.2 Å². The fourth-order valence-corrected chi connectivity index (χ4v) is 3.42. The molecule has 1 amide bonds. The molecule has 0 saturated heterocycles. The minimum Gasteiger partial charge on any atom is -0.491 e. The molecule has 0 fully saturated rings. The third-order valence-electron chi connectivity index (χ3n) is 5.39. The zero-order valence-corrected chi connectivity index (χ0v) is 24.2. The molecule has 0 saturated carbocycles. The zero-order valence-electron chi connectivity index (χ0n) is 24.2. The second-order valence-electron chi connectivity index (χ2n) is 9.11. The Morgan fingerprint density at radius 2 is 1.74 bits per heavy atom. The van der Waals surface area contributed by atoms with Crippen LogP contribution in [0.4, 0.5) is 21.5 Å². The quantitative estimate of drug-likeness (QED) is 0.113. The van der Waals surface area contributed by atoms with Gasteiger partial charge in [0.1, 0.15) is 24.5 Å². The number of methoxy groups -OCH3 is 1. The van der Waals surface area contributed by atoms with Crippen LogP contribution in [0.25, 0.3) is 5.70 Å². The van der Waals surface area contributed by atoms with E-state index in [-0.39, 0.29) is 12.3 Å². The number of allylic oxidation sites excluding steroid dienone is 1. The molecule has 0 heterocycles. The van der Waals surface area contributed by atoms with E-state index in [0.717, 1.165) is 18.0 Å². The van der Waals surface area contributed by atoms with Gasteiger partial charge in [-0.15, -0.1) is 0 Å². The van der Waals surface area contributed by atoms with Gasteiger partial charge in [0.25, 0.3) is 0 Å². The highest BCUT2D eigenvalue weighted by molar-refractivity contribution is 5.98. The van der Waals surface area contributed by atoms with Crippen LogP contribution in [0.5, 0.6) is 5.75 Å². The van der Waals surface area contributed by atoms with Crippen LogP contribution in [0, 0.1) is 11.7 Å². The zero-order chi connectivity index (χ0) is 29.2. The summed E-state index contributed by atoms with van der Waals surface area (Å²) in [4.78, 5) is 26.4. The van der Waals surface area contributed by atoms with Crippen molar-refractivity contribution in [1.29, 1.82) is 0 Å². The van der Waals surface area contributed by atoms with E-state index in [1.807, 2.05) is 20.9 Å². The summed E-state index contributed by atoms with van der Waals surface area (Å²) in [7, 11) is 3.54. The van der Waals surface area contributed by atoms with Crippen molar-refractivity contribution in [3.05, 3.63) is 53.4 Å². The topological polar surface area (TPSA) is 101 Å². The molecule has 0 aliphatic heterocycles. The lowest BCUT2D eigenvalue weighted by atomic mass is 10.0. The van der Waals surface area contributed by atoms with E-state index >= 15 is 4.39 Å². The smallest absolute Gasteiger partial charge is 0.231 e. The molecule has 0 radical (unpaired) electrons. The first kappa shape index (κ1) is 33.5. The first-order valence-electron chi connectivity index (χ1n) is 13.1. The summed E-state index contributed by atoms with van der Waals surface area (Å²) < 4.78 is 25.9. The third-order valence-corrected chi connectivity index (χ3v) is 5.39. The molecule has 3 N–H and O–H groups in total. The van der Waals surface area contributed by atoms with E-state index in [0.29, 0.717) is 60.0 Å².